The topological polar surface area (TPSA) is 46.2 Å². The van der Waals surface area contributed by atoms with E-state index in [2.05, 4.69) is 0 Å². The van der Waals surface area contributed by atoms with Crippen LogP contribution in [-0.4, -0.2) is 34.5 Å². The minimum Gasteiger partial charge on any atom is -0.496 e. The average Bonchev–Trinajstić information content (AvgIpc) is 2.45. The lowest BCUT2D eigenvalue weighted by atomic mass is 10.1. The lowest BCUT2D eigenvalue weighted by Crippen LogP contribution is -2.12. The zero-order chi connectivity index (χ0) is 14.3. The maximum absolute atomic E-state index is 5.62. The van der Waals surface area contributed by atoms with Gasteiger partial charge in [-0.25, -0.2) is 0 Å². The number of methoxy groups -OCH3 is 3. The molecule has 0 aliphatic carbocycles. The van der Waals surface area contributed by atoms with Crippen molar-refractivity contribution in [1.82, 2.24) is 0 Å². The molecule has 0 fully saturated rings. The van der Waals surface area contributed by atoms with Crippen LogP contribution in [0.1, 0.15) is 25.7 Å². The molecule has 1 rings (SSSR count). The average molecular weight is 270 g/mol. The molecule has 0 spiro atoms. The van der Waals surface area contributed by atoms with Crippen molar-refractivity contribution in [3.63, 3.8) is 0 Å². The largest absolute Gasteiger partial charge is 0.496 e. The fourth-order valence-electron chi connectivity index (χ4n) is 1.85. The lowest BCUT2D eigenvalue weighted by molar-refractivity contribution is -0.141. The zero-order valence-corrected chi connectivity index (χ0v) is 12.2. The first-order chi connectivity index (χ1) is 9.23. The third-order valence-electron chi connectivity index (χ3n) is 2.64. The van der Waals surface area contributed by atoms with Gasteiger partial charge >= 0.3 is 0 Å². The van der Waals surface area contributed by atoms with Crippen molar-refractivity contribution in [3.8, 4) is 17.2 Å². The Morgan fingerprint density at radius 3 is 1.79 bits per heavy atom. The summed E-state index contributed by atoms with van der Waals surface area (Å²) < 4.78 is 27.3. The Hall–Kier alpha value is -1.46. The van der Waals surface area contributed by atoms with Crippen molar-refractivity contribution >= 4 is 0 Å². The summed E-state index contributed by atoms with van der Waals surface area (Å²) in [6.07, 6.45) is -0.546. The Labute approximate surface area is 114 Å². The maximum atomic E-state index is 5.62. The Morgan fingerprint density at radius 2 is 1.37 bits per heavy atom. The van der Waals surface area contributed by atoms with Crippen molar-refractivity contribution < 1.29 is 23.7 Å². The molecule has 5 heteroatoms. The van der Waals surface area contributed by atoms with Crippen LogP contribution < -0.4 is 14.2 Å². The van der Waals surface area contributed by atoms with Gasteiger partial charge in [-0.05, 0) is 26.0 Å². The lowest BCUT2D eigenvalue weighted by Gasteiger charge is -2.23. The predicted molar refractivity (Wildman–Crippen MR) is 72.1 cm³/mol. The van der Waals surface area contributed by atoms with Crippen LogP contribution in [-0.2, 0) is 9.47 Å². The van der Waals surface area contributed by atoms with E-state index < -0.39 is 6.29 Å². The molecule has 1 aromatic rings. The molecule has 5 nitrogen and oxygen atoms in total. The molecule has 0 N–H and O–H groups in total. The fraction of sp³-hybridized carbons (Fsp3) is 0.571. The van der Waals surface area contributed by atoms with Gasteiger partial charge in [-0.15, -0.1) is 0 Å². The third-order valence-corrected chi connectivity index (χ3v) is 2.64. The van der Waals surface area contributed by atoms with E-state index in [1.807, 2.05) is 19.9 Å². The van der Waals surface area contributed by atoms with E-state index in [0.29, 0.717) is 36.0 Å². The first-order valence-electron chi connectivity index (χ1n) is 6.25. The molecule has 0 radical (unpaired) electrons. The second-order valence-corrected chi connectivity index (χ2v) is 3.66. The second kappa shape index (κ2) is 7.86. The van der Waals surface area contributed by atoms with Gasteiger partial charge in [-0.1, -0.05) is 0 Å². The van der Waals surface area contributed by atoms with Gasteiger partial charge in [-0.2, -0.15) is 0 Å². The van der Waals surface area contributed by atoms with Crippen LogP contribution in [0.25, 0.3) is 0 Å². The number of benzene rings is 1. The Balaban J connectivity index is 3.32. The first-order valence-corrected chi connectivity index (χ1v) is 6.25. The summed E-state index contributed by atoms with van der Waals surface area (Å²) in [7, 11) is 4.76. The van der Waals surface area contributed by atoms with Crippen molar-refractivity contribution in [3.05, 3.63) is 17.7 Å². The number of rotatable bonds is 8. The molecule has 0 aliphatic heterocycles. The highest BCUT2D eigenvalue weighted by atomic mass is 16.7. The number of hydrogen-bond acceptors (Lipinski definition) is 5. The van der Waals surface area contributed by atoms with Gasteiger partial charge in [0.1, 0.15) is 5.75 Å². The summed E-state index contributed by atoms with van der Waals surface area (Å²) in [5, 5.41) is 0. The molecule has 0 bridgehead atoms. The number of hydrogen-bond donors (Lipinski definition) is 0. The monoisotopic (exact) mass is 270 g/mol. The van der Waals surface area contributed by atoms with Gasteiger partial charge in [-0.3, -0.25) is 0 Å². The summed E-state index contributed by atoms with van der Waals surface area (Å²) >= 11 is 0. The minimum absolute atomic E-state index is 0.522. The summed E-state index contributed by atoms with van der Waals surface area (Å²) in [6, 6.07) is 3.60. The van der Waals surface area contributed by atoms with Crippen LogP contribution in [0.5, 0.6) is 17.2 Å². The van der Waals surface area contributed by atoms with Crippen LogP contribution in [0.4, 0.5) is 0 Å². The van der Waals surface area contributed by atoms with Gasteiger partial charge in [0.25, 0.3) is 0 Å². The fourth-order valence-corrected chi connectivity index (χ4v) is 1.85. The van der Waals surface area contributed by atoms with E-state index in [4.69, 9.17) is 23.7 Å². The molecular formula is C14H22O5. The van der Waals surface area contributed by atoms with Crippen LogP contribution >= 0.6 is 0 Å². The van der Waals surface area contributed by atoms with Crippen LogP contribution in [0.15, 0.2) is 12.1 Å². The molecule has 0 aromatic heterocycles. The Bertz CT molecular complexity index is 386. The predicted octanol–water partition coefficient (Wildman–Crippen LogP) is 2.78. The van der Waals surface area contributed by atoms with Crippen molar-refractivity contribution in [1.29, 1.82) is 0 Å². The van der Waals surface area contributed by atoms with E-state index in [1.165, 1.54) is 0 Å². The van der Waals surface area contributed by atoms with E-state index in [1.54, 1.807) is 27.4 Å². The summed E-state index contributed by atoms with van der Waals surface area (Å²) in [5.41, 5.74) is 0.702. The van der Waals surface area contributed by atoms with Crippen LogP contribution in [0.3, 0.4) is 0 Å². The molecule has 19 heavy (non-hydrogen) atoms. The Kier molecular flexibility index (Phi) is 6.45. The smallest absolute Gasteiger partial charge is 0.191 e. The highest BCUT2D eigenvalue weighted by Crippen LogP contribution is 2.42. The third kappa shape index (κ3) is 3.52. The standard InChI is InChI=1S/C14H22O5/c1-6-18-14(19-7-2)12-10(15-3)8-9-11(16-4)13(12)17-5/h8-9,14H,6-7H2,1-5H3. The first kappa shape index (κ1) is 15.6. The van der Waals surface area contributed by atoms with Gasteiger partial charge in [0, 0.05) is 13.2 Å². The second-order valence-electron chi connectivity index (χ2n) is 3.66. The van der Waals surface area contributed by atoms with Crippen molar-refractivity contribution in [2.45, 2.75) is 20.1 Å². The summed E-state index contributed by atoms with van der Waals surface area (Å²) in [4.78, 5) is 0. The molecule has 0 heterocycles. The van der Waals surface area contributed by atoms with Crippen molar-refractivity contribution in [2.24, 2.45) is 0 Å². The van der Waals surface area contributed by atoms with Gasteiger partial charge in [0.05, 0.1) is 26.9 Å². The summed E-state index contributed by atoms with van der Waals surface area (Å²) in [6.45, 7) is 4.86. The van der Waals surface area contributed by atoms with E-state index in [-0.39, 0.29) is 0 Å². The van der Waals surface area contributed by atoms with E-state index in [0.717, 1.165) is 0 Å². The molecule has 0 aliphatic rings. The summed E-state index contributed by atoms with van der Waals surface area (Å²) in [5.74, 6) is 1.82. The molecule has 1 aromatic carbocycles. The molecule has 0 amide bonds. The Morgan fingerprint density at radius 1 is 0.842 bits per heavy atom. The molecular weight excluding hydrogens is 248 g/mol. The van der Waals surface area contributed by atoms with Gasteiger partial charge < -0.3 is 23.7 Å². The van der Waals surface area contributed by atoms with E-state index >= 15 is 0 Å². The van der Waals surface area contributed by atoms with Crippen molar-refractivity contribution in [2.75, 3.05) is 34.5 Å². The normalized spacial score (nSPS) is 10.6. The van der Waals surface area contributed by atoms with Crippen LogP contribution in [0, 0.1) is 0 Å². The molecule has 0 atom stereocenters. The molecule has 0 saturated heterocycles. The van der Waals surface area contributed by atoms with E-state index in [9.17, 15) is 0 Å². The van der Waals surface area contributed by atoms with Crippen LogP contribution in [0.2, 0.25) is 0 Å². The molecule has 108 valence electrons. The highest BCUT2D eigenvalue weighted by molar-refractivity contribution is 5.54. The highest BCUT2D eigenvalue weighted by Gasteiger charge is 2.25. The van der Waals surface area contributed by atoms with Gasteiger partial charge in [0.2, 0.25) is 0 Å². The number of ether oxygens (including phenoxy) is 5. The maximum Gasteiger partial charge on any atom is 0.191 e. The molecule has 0 saturated carbocycles. The SMILES string of the molecule is CCOC(OCC)c1c(OC)ccc(OC)c1OC. The van der Waals surface area contributed by atoms with Gasteiger partial charge in [0.15, 0.2) is 17.8 Å². The molecule has 0 unspecified atom stereocenters. The zero-order valence-electron chi connectivity index (χ0n) is 12.2. The quantitative estimate of drug-likeness (QED) is 0.680. The minimum atomic E-state index is -0.546.